The zero-order valence-electron chi connectivity index (χ0n) is 24.8. The van der Waals surface area contributed by atoms with E-state index in [2.05, 4.69) is 12.5 Å². The van der Waals surface area contributed by atoms with Crippen molar-refractivity contribution >= 4 is 37.2 Å². The van der Waals surface area contributed by atoms with Gasteiger partial charge in [-0.1, -0.05) is 0 Å². The second-order valence-electron chi connectivity index (χ2n) is 10.3. The zero-order valence-corrected chi connectivity index (χ0v) is 27.2. The molecular formula is C20H34O26S3. The predicted octanol–water partition coefficient (Wildman–Crippen LogP) is -6.69. The summed E-state index contributed by atoms with van der Waals surface area (Å²) in [7, 11) is -14.1. The van der Waals surface area contributed by atoms with E-state index in [9.17, 15) is 65.2 Å². The summed E-state index contributed by atoms with van der Waals surface area (Å²) in [6, 6.07) is 0. The summed E-state index contributed by atoms with van der Waals surface area (Å²) in [4.78, 5) is 12.4. The average Bonchev–Trinajstić information content (AvgIpc) is 2.97. The van der Waals surface area contributed by atoms with Gasteiger partial charge in [-0.3, -0.25) is 13.7 Å². The lowest BCUT2D eigenvalue weighted by Crippen LogP contribution is -2.68. The molecule has 3 fully saturated rings. The Bertz CT molecular complexity index is 1440. The highest BCUT2D eigenvalue weighted by atomic mass is 32.3. The Kier molecular flexibility index (Phi) is 14.2. The van der Waals surface area contributed by atoms with Gasteiger partial charge in [0, 0.05) is 14.2 Å². The lowest BCUT2D eigenvalue weighted by molar-refractivity contribution is -0.374. The lowest BCUT2D eigenvalue weighted by Gasteiger charge is -2.49. The van der Waals surface area contributed by atoms with E-state index in [1.165, 1.54) is 0 Å². The maximum Gasteiger partial charge on any atom is 0.397 e. The van der Waals surface area contributed by atoms with Crippen LogP contribution < -0.4 is 0 Å². The molecule has 3 heterocycles. The number of aliphatic hydroxyl groups excluding tert-OH is 5. The van der Waals surface area contributed by atoms with Crippen LogP contribution in [0.3, 0.4) is 0 Å². The molecule has 0 unspecified atom stereocenters. The summed E-state index contributed by atoms with van der Waals surface area (Å²) in [5, 5.41) is 61.3. The quantitative estimate of drug-likeness (QED) is 0.0696. The molecule has 0 aromatic heterocycles. The van der Waals surface area contributed by atoms with Crippen molar-refractivity contribution in [3.63, 3.8) is 0 Å². The molecule has 49 heavy (non-hydrogen) atoms. The van der Waals surface area contributed by atoms with Crippen molar-refractivity contribution in [1.82, 2.24) is 0 Å². The maximum absolute atomic E-state index is 12.4. The van der Waals surface area contributed by atoms with Gasteiger partial charge < -0.3 is 63.8 Å². The number of hydrogen-bond acceptors (Lipinski definition) is 22. The molecule has 0 bridgehead atoms. The molecule has 3 aliphatic heterocycles. The molecule has 29 heteroatoms. The first-order valence-electron chi connectivity index (χ1n) is 13.3. The van der Waals surface area contributed by atoms with Crippen molar-refractivity contribution < 1.29 is 120 Å². The van der Waals surface area contributed by atoms with Crippen molar-refractivity contribution in [2.24, 2.45) is 0 Å². The fourth-order valence-electron chi connectivity index (χ4n) is 5.12. The highest BCUT2D eigenvalue weighted by Gasteiger charge is 2.57. The van der Waals surface area contributed by atoms with Crippen LogP contribution in [0.2, 0.25) is 0 Å². The molecule has 0 radical (unpaired) electrons. The van der Waals surface area contributed by atoms with Crippen LogP contribution in [0, 0.1) is 0 Å². The highest BCUT2D eigenvalue weighted by Crippen LogP contribution is 2.35. The fraction of sp³-hybridized carbons (Fsp3) is 0.950. The minimum absolute atomic E-state index is 0.966. The molecule has 3 saturated heterocycles. The number of rotatable bonds is 15. The first kappa shape index (κ1) is 42.0. The van der Waals surface area contributed by atoms with Gasteiger partial charge in [-0.05, 0) is 0 Å². The van der Waals surface area contributed by atoms with Crippen molar-refractivity contribution in [1.29, 1.82) is 0 Å². The van der Waals surface area contributed by atoms with Gasteiger partial charge >= 0.3 is 37.2 Å². The maximum atomic E-state index is 12.4. The Labute approximate surface area is 276 Å². The molecule has 15 atom stereocenters. The standard InChI is InChI=1S/C20H34O26S3/c1-37-13-14(43-19-9(24)11(45-48(31,32)33)7(22)6(41-19)4-39-47(28,29)30)15(17(25)26)44-20(16(13)38-2)42-10-5(3-21)40-18(27)8(23)12(10)46-49(34,35)36/h5-16,18-24,27H,3-4H2,1-2H3,(H,25,26)(H,28,29,30)(H,31,32,33)(H,34,35,36)/t5-,6-,7-,8-,9-,10-,11+,12-,13+,14+,15-,16-,18+,19-,20-/m1/s1. The largest absolute Gasteiger partial charge is 0.479 e. The Morgan fingerprint density at radius 2 is 1.18 bits per heavy atom. The van der Waals surface area contributed by atoms with Crippen LogP contribution in [0.4, 0.5) is 0 Å². The Balaban J connectivity index is 1.97. The summed E-state index contributed by atoms with van der Waals surface area (Å²) in [5.74, 6) is -1.88. The lowest BCUT2D eigenvalue weighted by atomic mass is 9.95. The van der Waals surface area contributed by atoms with Crippen molar-refractivity contribution in [2.45, 2.75) is 92.1 Å². The van der Waals surface area contributed by atoms with Gasteiger partial charge in [-0.15, -0.1) is 0 Å². The van der Waals surface area contributed by atoms with E-state index < -0.39 is 142 Å². The third kappa shape index (κ3) is 10.8. The molecule has 0 aromatic rings. The van der Waals surface area contributed by atoms with Gasteiger partial charge in [-0.25, -0.2) is 17.3 Å². The monoisotopic (exact) mass is 786 g/mol. The number of methoxy groups -OCH3 is 2. The van der Waals surface area contributed by atoms with E-state index in [0.29, 0.717) is 0 Å². The smallest absolute Gasteiger partial charge is 0.397 e. The molecule has 288 valence electrons. The summed E-state index contributed by atoms with van der Waals surface area (Å²) in [6.45, 7) is -2.33. The van der Waals surface area contributed by atoms with Crippen molar-refractivity contribution in [3.8, 4) is 0 Å². The normalized spacial score (nSPS) is 41.0. The zero-order chi connectivity index (χ0) is 37.2. The van der Waals surface area contributed by atoms with Gasteiger partial charge in [0.05, 0.1) is 13.2 Å². The molecule has 9 N–H and O–H groups in total. The van der Waals surface area contributed by atoms with Gasteiger partial charge in [0.2, 0.25) is 0 Å². The second-order valence-corrected chi connectivity index (χ2v) is 13.5. The minimum atomic E-state index is -5.46. The van der Waals surface area contributed by atoms with Crippen LogP contribution in [0.15, 0.2) is 0 Å². The molecular weight excluding hydrogens is 752 g/mol. The van der Waals surface area contributed by atoms with E-state index in [-0.39, 0.29) is 0 Å². The van der Waals surface area contributed by atoms with Gasteiger partial charge in [0.25, 0.3) is 0 Å². The van der Waals surface area contributed by atoms with E-state index in [4.69, 9.17) is 42.3 Å². The van der Waals surface area contributed by atoms with Crippen LogP contribution in [0.25, 0.3) is 0 Å². The third-order valence-corrected chi connectivity index (χ3v) is 8.53. The van der Waals surface area contributed by atoms with Gasteiger partial charge in [0.1, 0.15) is 67.1 Å². The van der Waals surface area contributed by atoms with Crippen LogP contribution >= 0.6 is 0 Å². The molecule has 3 rings (SSSR count). The number of carbonyl (C=O) groups is 1. The van der Waals surface area contributed by atoms with Crippen LogP contribution in [0.1, 0.15) is 0 Å². The molecule has 0 aromatic carbocycles. The third-order valence-electron chi connectivity index (χ3n) is 7.17. The number of ether oxygens (including phenoxy) is 7. The predicted molar refractivity (Wildman–Crippen MR) is 143 cm³/mol. The van der Waals surface area contributed by atoms with Gasteiger partial charge in [-0.2, -0.15) is 25.3 Å². The van der Waals surface area contributed by atoms with Crippen LogP contribution in [0.5, 0.6) is 0 Å². The van der Waals surface area contributed by atoms with Gasteiger partial charge in [0.15, 0.2) is 25.0 Å². The van der Waals surface area contributed by atoms with E-state index in [1.807, 2.05) is 0 Å². The highest BCUT2D eigenvalue weighted by molar-refractivity contribution is 7.81. The number of carboxylic acids is 1. The SMILES string of the molecule is CO[C@@H]1[C@@H](OC)[C@H](O[C@H]2[C@H](OS(=O)(=O)O)[C@@H](O)[C@@H](O)O[C@@H]2CO)O[C@@H](C(=O)O)[C@H]1O[C@H]1O[C@H](COS(=O)(=O)O)[C@@H](O)[C@H](OS(=O)(=O)O)[C@H]1O. The van der Waals surface area contributed by atoms with E-state index in [0.717, 1.165) is 14.2 Å². The summed E-state index contributed by atoms with van der Waals surface area (Å²) < 4.78 is 146. The van der Waals surface area contributed by atoms with E-state index in [1.54, 1.807) is 0 Å². The first-order chi connectivity index (χ1) is 22.5. The summed E-state index contributed by atoms with van der Waals surface area (Å²) in [5.41, 5.74) is 0. The Hall–Kier alpha value is -1.40. The van der Waals surface area contributed by atoms with Crippen molar-refractivity contribution in [3.05, 3.63) is 0 Å². The summed E-state index contributed by atoms with van der Waals surface area (Å²) >= 11 is 0. The molecule has 0 aliphatic carbocycles. The first-order valence-corrected chi connectivity index (χ1v) is 17.4. The minimum Gasteiger partial charge on any atom is -0.479 e. The van der Waals surface area contributed by atoms with E-state index >= 15 is 0 Å². The second kappa shape index (κ2) is 16.5. The Morgan fingerprint density at radius 3 is 1.67 bits per heavy atom. The summed E-state index contributed by atoms with van der Waals surface area (Å²) in [6.07, 6.45) is -31.6. The number of aliphatic carboxylic acids is 1. The topological polar surface area (TPSA) is 394 Å². The number of hydrogen-bond donors (Lipinski definition) is 9. The number of aliphatic hydroxyl groups is 5. The Morgan fingerprint density at radius 1 is 0.633 bits per heavy atom. The molecule has 3 aliphatic rings. The molecule has 0 spiro atoms. The molecule has 26 nitrogen and oxygen atoms in total. The van der Waals surface area contributed by atoms with Crippen LogP contribution in [-0.2, 0) is 81.7 Å². The average molecular weight is 787 g/mol. The fourth-order valence-corrected chi connectivity index (χ4v) is 6.44. The van der Waals surface area contributed by atoms with Crippen LogP contribution in [-0.4, -0.2) is 195 Å². The van der Waals surface area contributed by atoms with Crippen molar-refractivity contribution in [2.75, 3.05) is 27.4 Å². The molecule has 0 saturated carbocycles. The molecule has 0 amide bonds. The number of carboxylic acid groups (broad SMARTS) is 1.